The second kappa shape index (κ2) is 6.52. The Hall–Kier alpha value is -2.93. The van der Waals surface area contributed by atoms with Gasteiger partial charge in [0, 0.05) is 43.2 Å². The molecule has 1 aliphatic heterocycles. The highest BCUT2D eigenvalue weighted by Gasteiger charge is 2.22. The first-order chi connectivity index (χ1) is 12.2. The van der Waals surface area contributed by atoms with Crippen LogP contribution in [0.4, 0.5) is 4.39 Å². The summed E-state index contributed by atoms with van der Waals surface area (Å²) in [5.41, 5.74) is 2.60. The third-order valence-electron chi connectivity index (χ3n) is 4.34. The van der Waals surface area contributed by atoms with E-state index in [1.807, 2.05) is 6.07 Å². The zero-order valence-corrected chi connectivity index (χ0v) is 13.4. The lowest BCUT2D eigenvalue weighted by atomic mass is 10.1. The summed E-state index contributed by atoms with van der Waals surface area (Å²) in [4.78, 5) is 29.8. The molecule has 126 valence electrons. The Morgan fingerprint density at radius 3 is 2.80 bits per heavy atom. The average Bonchev–Trinajstić information content (AvgIpc) is 2.64. The summed E-state index contributed by atoms with van der Waals surface area (Å²) in [6.07, 6.45) is 5.24. The van der Waals surface area contributed by atoms with E-state index in [0.29, 0.717) is 48.6 Å². The quantitative estimate of drug-likeness (QED) is 0.790. The molecule has 0 saturated heterocycles. The molecule has 3 aromatic rings. The highest BCUT2D eigenvalue weighted by Crippen LogP contribution is 2.20. The molecule has 1 aromatic carbocycles. The largest absolute Gasteiger partial charge is 0.306 e. The minimum atomic E-state index is -0.214. The molecule has 3 heterocycles. The topological polar surface area (TPSA) is 74.8 Å². The van der Waals surface area contributed by atoms with Gasteiger partial charge in [-0.15, -0.1) is 0 Å². The lowest BCUT2D eigenvalue weighted by Crippen LogP contribution is -2.35. The standard InChI is InChI=1S/C18H16FN5O/c19-15-4-2-1-3-12(15)9-24-6-5-14-16(10-24)22-17(23-18(14)25)13-7-20-11-21-8-13/h1-4,7-8,11H,5-6,9-10H2,(H,22,23,25). The molecule has 1 aliphatic rings. The first kappa shape index (κ1) is 15.6. The van der Waals surface area contributed by atoms with E-state index < -0.39 is 0 Å². The molecule has 0 bridgehead atoms. The average molecular weight is 337 g/mol. The fraction of sp³-hybridized carbons (Fsp3) is 0.222. The van der Waals surface area contributed by atoms with Gasteiger partial charge in [-0.1, -0.05) is 18.2 Å². The molecule has 0 atom stereocenters. The van der Waals surface area contributed by atoms with Crippen LogP contribution in [-0.2, 0) is 19.5 Å². The van der Waals surface area contributed by atoms with Gasteiger partial charge in [-0.25, -0.2) is 19.3 Å². The van der Waals surface area contributed by atoms with E-state index in [2.05, 4.69) is 24.8 Å². The summed E-state index contributed by atoms with van der Waals surface area (Å²) in [5.74, 6) is 0.242. The van der Waals surface area contributed by atoms with Gasteiger partial charge in [0.2, 0.25) is 0 Å². The van der Waals surface area contributed by atoms with Crippen molar-refractivity contribution in [2.75, 3.05) is 6.54 Å². The third kappa shape index (κ3) is 3.18. The van der Waals surface area contributed by atoms with Crippen molar-refractivity contribution in [2.45, 2.75) is 19.5 Å². The second-order valence-corrected chi connectivity index (χ2v) is 6.02. The fourth-order valence-corrected chi connectivity index (χ4v) is 3.05. The highest BCUT2D eigenvalue weighted by atomic mass is 19.1. The van der Waals surface area contributed by atoms with Crippen LogP contribution in [0.5, 0.6) is 0 Å². The number of rotatable bonds is 3. The molecule has 0 amide bonds. The number of benzene rings is 1. The molecule has 0 saturated carbocycles. The first-order valence-electron chi connectivity index (χ1n) is 8.04. The van der Waals surface area contributed by atoms with E-state index in [0.717, 1.165) is 5.69 Å². The number of halogens is 1. The SMILES string of the molecule is O=c1[nH]c(-c2cncnc2)nc2c1CCN(Cc1ccccc1F)C2. The monoisotopic (exact) mass is 337 g/mol. The van der Waals surface area contributed by atoms with Crippen LogP contribution in [0, 0.1) is 5.82 Å². The molecular formula is C18H16FN5O. The van der Waals surface area contributed by atoms with Crippen molar-refractivity contribution in [3.63, 3.8) is 0 Å². The number of nitrogens with zero attached hydrogens (tertiary/aromatic N) is 4. The van der Waals surface area contributed by atoms with Gasteiger partial charge in [0.05, 0.1) is 11.3 Å². The smallest absolute Gasteiger partial charge is 0.254 e. The van der Waals surface area contributed by atoms with Gasteiger partial charge >= 0.3 is 0 Å². The lowest BCUT2D eigenvalue weighted by molar-refractivity contribution is 0.237. The minimum absolute atomic E-state index is 0.130. The summed E-state index contributed by atoms with van der Waals surface area (Å²) in [5, 5.41) is 0. The van der Waals surface area contributed by atoms with E-state index in [1.165, 1.54) is 12.4 Å². The van der Waals surface area contributed by atoms with Crippen molar-refractivity contribution in [3.05, 3.63) is 76.0 Å². The molecule has 2 aromatic heterocycles. The summed E-state index contributed by atoms with van der Waals surface area (Å²) in [6.45, 7) is 1.69. The molecule has 6 nitrogen and oxygen atoms in total. The van der Waals surface area contributed by atoms with Crippen molar-refractivity contribution in [1.82, 2.24) is 24.8 Å². The van der Waals surface area contributed by atoms with Crippen LogP contribution >= 0.6 is 0 Å². The Morgan fingerprint density at radius 1 is 1.20 bits per heavy atom. The van der Waals surface area contributed by atoms with E-state index in [-0.39, 0.29) is 11.4 Å². The van der Waals surface area contributed by atoms with Crippen LogP contribution in [0.3, 0.4) is 0 Å². The minimum Gasteiger partial charge on any atom is -0.306 e. The molecular weight excluding hydrogens is 321 g/mol. The van der Waals surface area contributed by atoms with E-state index in [9.17, 15) is 9.18 Å². The zero-order chi connectivity index (χ0) is 17.2. The van der Waals surface area contributed by atoms with Crippen molar-refractivity contribution in [2.24, 2.45) is 0 Å². The maximum absolute atomic E-state index is 13.9. The molecule has 7 heteroatoms. The van der Waals surface area contributed by atoms with Crippen LogP contribution in [-0.4, -0.2) is 31.4 Å². The Bertz CT molecular complexity index is 957. The number of H-pyrrole nitrogens is 1. The van der Waals surface area contributed by atoms with Crippen LogP contribution in [0.25, 0.3) is 11.4 Å². The number of fused-ring (bicyclic) bond motifs is 1. The van der Waals surface area contributed by atoms with E-state index >= 15 is 0 Å². The van der Waals surface area contributed by atoms with Gasteiger partial charge in [0.25, 0.3) is 5.56 Å². The van der Waals surface area contributed by atoms with Gasteiger partial charge in [0.1, 0.15) is 18.0 Å². The van der Waals surface area contributed by atoms with Crippen LogP contribution in [0.1, 0.15) is 16.8 Å². The highest BCUT2D eigenvalue weighted by molar-refractivity contribution is 5.52. The maximum Gasteiger partial charge on any atom is 0.254 e. The van der Waals surface area contributed by atoms with Crippen molar-refractivity contribution < 1.29 is 4.39 Å². The van der Waals surface area contributed by atoms with Gasteiger partial charge < -0.3 is 4.98 Å². The summed E-state index contributed by atoms with van der Waals surface area (Å²) in [6, 6.07) is 6.75. The number of nitrogens with one attached hydrogen (secondary N) is 1. The first-order valence-corrected chi connectivity index (χ1v) is 8.04. The van der Waals surface area contributed by atoms with E-state index in [1.54, 1.807) is 24.5 Å². The maximum atomic E-state index is 13.9. The second-order valence-electron chi connectivity index (χ2n) is 6.02. The molecule has 4 rings (SSSR count). The Balaban J connectivity index is 1.63. The predicted octanol–water partition coefficient (Wildman–Crippen LogP) is 1.92. The molecule has 25 heavy (non-hydrogen) atoms. The van der Waals surface area contributed by atoms with Crippen LogP contribution < -0.4 is 5.56 Å². The lowest BCUT2D eigenvalue weighted by Gasteiger charge is -2.27. The zero-order valence-electron chi connectivity index (χ0n) is 13.4. The van der Waals surface area contributed by atoms with Gasteiger partial charge in [-0.2, -0.15) is 0 Å². The van der Waals surface area contributed by atoms with Crippen molar-refractivity contribution in [3.8, 4) is 11.4 Å². The number of aromatic nitrogens is 4. The molecule has 1 N–H and O–H groups in total. The summed E-state index contributed by atoms with van der Waals surface area (Å²) >= 11 is 0. The van der Waals surface area contributed by atoms with Crippen molar-refractivity contribution >= 4 is 0 Å². The fourth-order valence-electron chi connectivity index (χ4n) is 3.05. The van der Waals surface area contributed by atoms with E-state index in [4.69, 9.17) is 0 Å². The van der Waals surface area contributed by atoms with Crippen molar-refractivity contribution in [1.29, 1.82) is 0 Å². The number of hydrogen-bond acceptors (Lipinski definition) is 5. The normalized spacial score (nSPS) is 14.3. The number of aromatic amines is 1. The van der Waals surface area contributed by atoms with Gasteiger partial charge in [-0.05, 0) is 12.5 Å². The van der Waals surface area contributed by atoms with Gasteiger partial charge in [0.15, 0.2) is 0 Å². The van der Waals surface area contributed by atoms with Gasteiger partial charge in [-0.3, -0.25) is 9.69 Å². The number of hydrogen-bond donors (Lipinski definition) is 1. The molecule has 0 radical (unpaired) electrons. The Kier molecular flexibility index (Phi) is 4.07. The molecule has 0 aliphatic carbocycles. The molecule has 0 fully saturated rings. The Labute approximate surface area is 143 Å². The predicted molar refractivity (Wildman–Crippen MR) is 90.1 cm³/mol. The molecule has 0 unspecified atom stereocenters. The molecule has 0 spiro atoms. The Morgan fingerprint density at radius 2 is 2.00 bits per heavy atom. The third-order valence-corrected chi connectivity index (χ3v) is 4.34. The summed E-state index contributed by atoms with van der Waals surface area (Å²) in [7, 11) is 0. The van der Waals surface area contributed by atoms with Crippen LogP contribution in [0.15, 0.2) is 47.8 Å². The van der Waals surface area contributed by atoms with Crippen LogP contribution in [0.2, 0.25) is 0 Å². The summed E-state index contributed by atoms with van der Waals surface area (Å²) < 4.78 is 13.9.